The molecule has 2 atom stereocenters. The Morgan fingerprint density at radius 2 is 2.09 bits per heavy atom. The summed E-state index contributed by atoms with van der Waals surface area (Å²) >= 11 is 0. The van der Waals surface area contributed by atoms with E-state index in [1.807, 2.05) is 25.1 Å². The second-order valence-electron chi connectivity index (χ2n) is 8.72. The van der Waals surface area contributed by atoms with Gasteiger partial charge in [0.15, 0.2) is 17.2 Å². The molecule has 1 aromatic carbocycles. The number of nitrogens with one attached hydrogen (secondary N) is 2. The lowest BCUT2D eigenvalue weighted by molar-refractivity contribution is -0.117. The molecule has 0 bridgehead atoms. The highest BCUT2D eigenvalue weighted by Crippen LogP contribution is 2.39. The van der Waals surface area contributed by atoms with Gasteiger partial charge < -0.3 is 24.7 Å². The van der Waals surface area contributed by atoms with E-state index in [2.05, 4.69) is 30.7 Å². The van der Waals surface area contributed by atoms with E-state index >= 15 is 0 Å². The zero-order valence-electron chi connectivity index (χ0n) is 21.5. The summed E-state index contributed by atoms with van der Waals surface area (Å²) in [4.78, 5) is 23.7. The van der Waals surface area contributed by atoms with Gasteiger partial charge in [-0.1, -0.05) is 6.92 Å². The predicted molar refractivity (Wildman–Crippen MR) is 129 cm³/mol. The highest BCUT2D eigenvalue weighted by molar-refractivity contribution is 6.01. The average Bonchev–Trinajstić information content (AvgIpc) is 3.46. The van der Waals surface area contributed by atoms with Crippen molar-refractivity contribution in [1.82, 2.24) is 20.2 Å². The van der Waals surface area contributed by atoms with E-state index in [9.17, 15) is 4.79 Å². The Hall–Kier alpha value is -3.79. The van der Waals surface area contributed by atoms with Crippen LogP contribution >= 0.6 is 0 Å². The summed E-state index contributed by atoms with van der Waals surface area (Å²) < 4.78 is 34.3. The van der Waals surface area contributed by atoms with Crippen molar-refractivity contribution in [1.29, 1.82) is 0 Å². The number of nitrogens with zero attached hydrogens (tertiary/aromatic N) is 5. The van der Waals surface area contributed by atoms with Gasteiger partial charge in [-0.2, -0.15) is 0 Å². The van der Waals surface area contributed by atoms with Crippen LogP contribution in [0.4, 0.5) is 17.3 Å². The van der Waals surface area contributed by atoms with E-state index in [1.54, 1.807) is 6.07 Å². The van der Waals surface area contributed by atoms with Gasteiger partial charge in [0.05, 0.1) is 18.8 Å². The summed E-state index contributed by atoms with van der Waals surface area (Å²) in [5.74, 6) is 0.786. The van der Waals surface area contributed by atoms with Crippen LogP contribution < -0.4 is 15.5 Å². The first-order valence-electron chi connectivity index (χ1n) is 12.7. The van der Waals surface area contributed by atoms with Crippen LogP contribution in [0.2, 0.25) is 0 Å². The number of oxazole rings is 1. The minimum Gasteiger partial charge on any atom is -0.436 e. The lowest BCUT2D eigenvalue weighted by Gasteiger charge is -2.28. The van der Waals surface area contributed by atoms with Crippen LogP contribution in [0, 0.1) is 11.8 Å². The van der Waals surface area contributed by atoms with Crippen molar-refractivity contribution in [3.8, 4) is 11.5 Å². The van der Waals surface area contributed by atoms with Crippen molar-refractivity contribution in [3.63, 3.8) is 0 Å². The van der Waals surface area contributed by atoms with Gasteiger partial charge in [0, 0.05) is 47.4 Å². The summed E-state index contributed by atoms with van der Waals surface area (Å²) in [5.41, 5.74) is 3.03. The first kappa shape index (κ1) is 17.7. The molecule has 34 heavy (non-hydrogen) atoms. The highest BCUT2D eigenvalue weighted by Gasteiger charge is 2.39. The molecule has 10 nitrogen and oxygen atoms in total. The summed E-state index contributed by atoms with van der Waals surface area (Å²) in [6.07, 6.45) is 2.32. The quantitative estimate of drug-likeness (QED) is 0.460. The monoisotopic (exact) mass is 462 g/mol. The summed E-state index contributed by atoms with van der Waals surface area (Å²) in [6, 6.07) is 7.47. The van der Waals surface area contributed by atoms with E-state index < -0.39 is 6.98 Å². The van der Waals surface area contributed by atoms with Gasteiger partial charge in [0.1, 0.15) is 11.0 Å². The molecule has 10 heteroatoms. The third-order valence-electron chi connectivity index (χ3n) is 6.42. The third kappa shape index (κ3) is 3.69. The van der Waals surface area contributed by atoms with Crippen LogP contribution in [-0.4, -0.2) is 59.4 Å². The van der Waals surface area contributed by atoms with Crippen molar-refractivity contribution < 1.29 is 18.1 Å². The Morgan fingerprint density at radius 1 is 1.24 bits per heavy atom. The molecular formula is C24H25N7O3. The minimum atomic E-state index is -2.48. The van der Waals surface area contributed by atoms with Crippen molar-refractivity contribution in [2.24, 2.45) is 11.8 Å². The molecule has 1 aliphatic carbocycles. The second-order valence-corrected chi connectivity index (χ2v) is 8.72. The van der Waals surface area contributed by atoms with E-state index in [-0.39, 0.29) is 29.0 Å². The number of pyridine rings is 1. The van der Waals surface area contributed by atoms with E-state index in [0.717, 1.165) is 25.2 Å². The van der Waals surface area contributed by atoms with Crippen LogP contribution in [-0.2, 0) is 9.53 Å². The van der Waals surface area contributed by atoms with Crippen molar-refractivity contribution in [2.75, 3.05) is 48.8 Å². The fraction of sp³-hybridized carbons (Fsp3) is 0.375. The molecule has 3 aromatic heterocycles. The maximum absolute atomic E-state index is 12.5. The Labute approximate surface area is 199 Å². The smallest absolute Gasteiger partial charge is 0.229 e. The molecule has 6 rings (SSSR count). The molecule has 1 saturated heterocycles. The normalized spacial score (nSPS) is 21.7. The molecular weight excluding hydrogens is 434 g/mol. The van der Waals surface area contributed by atoms with E-state index in [4.69, 9.17) is 18.3 Å². The number of morpholine rings is 1. The maximum atomic E-state index is 12.5. The lowest BCUT2D eigenvalue weighted by atomic mass is 10.1. The number of hydrogen-bond donors (Lipinski definition) is 2. The molecule has 4 aromatic rings. The number of anilines is 3. The van der Waals surface area contributed by atoms with Crippen LogP contribution in [0.5, 0.6) is 0 Å². The molecule has 1 saturated carbocycles. The zero-order chi connectivity index (χ0) is 25.7. The van der Waals surface area contributed by atoms with Crippen LogP contribution in [0.25, 0.3) is 33.5 Å². The number of amides is 1. The number of carbonyl (C=O) groups is 1. The third-order valence-corrected chi connectivity index (χ3v) is 6.42. The minimum absolute atomic E-state index is 0.0418. The van der Waals surface area contributed by atoms with Gasteiger partial charge in [0.2, 0.25) is 11.8 Å². The molecule has 2 aliphatic rings. The fourth-order valence-electron chi connectivity index (χ4n) is 4.31. The number of hydrogen-bond acceptors (Lipinski definition) is 9. The number of ether oxygens (including phenoxy) is 1. The molecule has 1 amide bonds. The van der Waals surface area contributed by atoms with E-state index in [1.165, 1.54) is 6.20 Å². The first-order valence-corrected chi connectivity index (χ1v) is 11.2. The van der Waals surface area contributed by atoms with Crippen molar-refractivity contribution >= 4 is 45.2 Å². The zero-order valence-corrected chi connectivity index (χ0v) is 18.5. The van der Waals surface area contributed by atoms with E-state index in [0.29, 0.717) is 47.1 Å². The summed E-state index contributed by atoms with van der Waals surface area (Å²) in [6.45, 7) is 2.49. The fourth-order valence-corrected chi connectivity index (χ4v) is 4.31. The number of fused-ring (bicyclic) bond motifs is 2. The topological polar surface area (TPSA) is 118 Å². The van der Waals surface area contributed by atoms with Crippen LogP contribution in [0.15, 0.2) is 34.9 Å². The maximum Gasteiger partial charge on any atom is 0.229 e. The Kier molecular flexibility index (Phi) is 4.26. The average molecular weight is 463 g/mol. The highest BCUT2D eigenvalue weighted by atomic mass is 16.5. The predicted octanol–water partition coefficient (Wildman–Crippen LogP) is 3.31. The van der Waals surface area contributed by atoms with Gasteiger partial charge in [0.25, 0.3) is 0 Å². The summed E-state index contributed by atoms with van der Waals surface area (Å²) in [5, 5.41) is 14.0. The van der Waals surface area contributed by atoms with Gasteiger partial charge in [-0.05, 0) is 36.6 Å². The SMILES string of the molecule is [2H]C([2H])([2H])Nc1ncc(-c2nc3cc(N4CCOCC4)ccc3o2)c2cc(NC(=O)[C@H]3C[C@H]3C)nnc12. The standard InChI is InChI=1S/C24H25N7O3/c1-13-9-15(13)23(32)28-20-11-16-17(12-26-22(25-2)21(16)30-29-20)24-27-18-10-14(3-4-19(18)34-24)31-5-7-33-8-6-31/h3-4,10-13,15H,5-9H2,1-2H3,(H,25,26)(H,28,29,32)/t13-,15+/m1/s1/i2D3. The molecule has 0 unspecified atom stereocenters. The Morgan fingerprint density at radius 3 is 2.88 bits per heavy atom. The van der Waals surface area contributed by atoms with Crippen LogP contribution in [0.1, 0.15) is 17.5 Å². The largest absolute Gasteiger partial charge is 0.436 e. The lowest BCUT2D eigenvalue weighted by Crippen LogP contribution is -2.36. The Balaban J connectivity index is 1.41. The van der Waals surface area contributed by atoms with Gasteiger partial charge in [-0.25, -0.2) is 9.97 Å². The molecule has 174 valence electrons. The number of aromatic nitrogens is 4. The van der Waals surface area contributed by atoms with Gasteiger partial charge in [-0.3, -0.25) is 4.79 Å². The molecule has 1 aliphatic heterocycles. The van der Waals surface area contributed by atoms with Gasteiger partial charge >= 0.3 is 0 Å². The molecule has 2 N–H and O–H groups in total. The number of carbonyl (C=O) groups excluding carboxylic acids is 1. The van der Waals surface area contributed by atoms with Crippen LogP contribution in [0.3, 0.4) is 0 Å². The van der Waals surface area contributed by atoms with Crippen molar-refractivity contribution in [3.05, 3.63) is 30.5 Å². The van der Waals surface area contributed by atoms with Gasteiger partial charge in [-0.15, -0.1) is 10.2 Å². The molecule has 4 heterocycles. The Bertz CT molecular complexity index is 1500. The molecule has 0 spiro atoms. The van der Waals surface area contributed by atoms with Crippen molar-refractivity contribution in [2.45, 2.75) is 13.3 Å². The molecule has 2 fully saturated rings. The molecule has 0 radical (unpaired) electrons. The number of benzene rings is 1. The second kappa shape index (κ2) is 8.21. The first-order chi connectivity index (χ1) is 17.7. The number of rotatable bonds is 5. The summed E-state index contributed by atoms with van der Waals surface area (Å²) in [7, 11) is 0.